The van der Waals surface area contributed by atoms with E-state index in [1.54, 1.807) is 0 Å². The Kier molecular flexibility index (Phi) is 26.9. The lowest BCUT2D eigenvalue weighted by molar-refractivity contribution is -0.150. The smallest absolute Gasteiger partial charge is 0.306 e. The van der Waals surface area contributed by atoms with Crippen LogP contribution < -0.4 is 0 Å². The Hall–Kier alpha value is -2.15. The molecule has 7 nitrogen and oxygen atoms in total. The summed E-state index contributed by atoms with van der Waals surface area (Å²) in [4.78, 5) is 38.1. The maximum Gasteiger partial charge on any atom is 0.306 e. The van der Waals surface area contributed by atoms with Crippen LogP contribution in [0.5, 0.6) is 0 Å². The molecule has 0 aromatic carbocycles. The average Bonchev–Trinajstić information content (AvgIpc) is 2.91. The quantitative estimate of drug-likeness (QED) is 0.0436. The van der Waals surface area contributed by atoms with Crippen LogP contribution in [0.15, 0.2) is 24.3 Å². The third kappa shape index (κ3) is 27.4. The standard InChI is InChI=1S/C33H59NO6/c1-5-7-9-19-28-38-31(35)24-17-13-11-15-22-30(40-33(37)26-21-27-34(3)4)23-16-12-14-18-25-32(36)39-29-20-10-8-6-2/h9-10,19-20,30H,5-8,11-18,21-29H2,1-4H3/b19-9-,20-10-. The van der Waals surface area contributed by atoms with Crippen LogP contribution in [0.25, 0.3) is 0 Å². The Balaban J connectivity index is 4.21. The zero-order chi connectivity index (χ0) is 29.7. The lowest BCUT2D eigenvalue weighted by Crippen LogP contribution is -2.20. The molecule has 40 heavy (non-hydrogen) atoms. The van der Waals surface area contributed by atoms with E-state index in [-0.39, 0.29) is 24.0 Å². The summed E-state index contributed by atoms with van der Waals surface area (Å²) in [7, 11) is 4.01. The van der Waals surface area contributed by atoms with Crippen molar-refractivity contribution < 1.29 is 28.6 Å². The molecule has 0 saturated heterocycles. The Morgan fingerprint density at radius 3 is 1.50 bits per heavy atom. The summed E-state index contributed by atoms with van der Waals surface area (Å²) in [5.74, 6) is -0.385. The number of carbonyl (C=O) groups is 3. The first-order valence-corrected chi connectivity index (χ1v) is 15.8. The van der Waals surface area contributed by atoms with Crippen LogP contribution in [0.3, 0.4) is 0 Å². The number of nitrogens with zero attached hydrogens (tertiary/aromatic N) is 1. The highest BCUT2D eigenvalue weighted by Gasteiger charge is 2.14. The van der Waals surface area contributed by atoms with Gasteiger partial charge in [0.25, 0.3) is 0 Å². The second-order valence-corrected chi connectivity index (χ2v) is 10.8. The molecule has 0 fully saturated rings. The maximum atomic E-state index is 12.4. The Morgan fingerprint density at radius 2 is 1.05 bits per heavy atom. The van der Waals surface area contributed by atoms with Crippen molar-refractivity contribution in [2.75, 3.05) is 33.9 Å². The van der Waals surface area contributed by atoms with E-state index in [1.165, 1.54) is 0 Å². The Morgan fingerprint density at radius 1 is 0.600 bits per heavy atom. The van der Waals surface area contributed by atoms with Crippen molar-refractivity contribution in [3.63, 3.8) is 0 Å². The van der Waals surface area contributed by atoms with Crippen molar-refractivity contribution in [3.8, 4) is 0 Å². The monoisotopic (exact) mass is 565 g/mol. The largest absolute Gasteiger partial charge is 0.462 e. The van der Waals surface area contributed by atoms with Crippen LogP contribution in [0.4, 0.5) is 0 Å². The van der Waals surface area contributed by atoms with Gasteiger partial charge in [-0.05, 0) is 78.4 Å². The minimum Gasteiger partial charge on any atom is -0.462 e. The maximum absolute atomic E-state index is 12.4. The normalized spacial score (nSPS) is 11.7. The molecule has 0 spiro atoms. The molecule has 0 aliphatic heterocycles. The third-order valence-corrected chi connectivity index (χ3v) is 6.52. The summed E-state index contributed by atoms with van der Waals surface area (Å²) in [5, 5.41) is 0. The number of allylic oxidation sites excluding steroid dienone is 2. The molecule has 0 rings (SSSR count). The molecule has 0 heterocycles. The van der Waals surface area contributed by atoms with Crippen LogP contribution in [-0.2, 0) is 28.6 Å². The van der Waals surface area contributed by atoms with Gasteiger partial charge in [0.05, 0.1) is 0 Å². The summed E-state index contributed by atoms with van der Waals surface area (Å²) in [6.07, 6.45) is 23.5. The topological polar surface area (TPSA) is 82.1 Å². The Labute approximate surface area is 245 Å². The average molecular weight is 566 g/mol. The van der Waals surface area contributed by atoms with Gasteiger partial charge in [-0.1, -0.05) is 76.7 Å². The molecule has 0 atom stereocenters. The highest BCUT2D eigenvalue weighted by Crippen LogP contribution is 2.17. The molecule has 0 saturated carbocycles. The van der Waals surface area contributed by atoms with Crippen LogP contribution in [0.2, 0.25) is 0 Å². The van der Waals surface area contributed by atoms with Crippen LogP contribution in [0, 0.1) is 0 Å². The van der Waals surface area contributed by atoms with Crippen molar-refractivity contribution in [3.05, 3.63) is 24.3 Å². The summed E-state index contributed by atoms with van der Waals surface area (Å²) in [6.45, 7) is 5.83. The van der Waals surface area contributed by atoms with Gasteiger partial charge in [0.2, 0.25) is 0 Å². The molecule has 0 aliphatic rings. The SMILES string of the molecule is CCC/C=C\COC(=O)CCCCCCC(CCCCCCC(=O)OC/C=C\CCC)OC(=O)CCCN(C)C. The molecule has 0 radical (unpaired) electrons. The van der Waals surface area contributed by atoms with Gasteiger partial charge >= 0.3 is 17.9 Å². The predicted molar refractivity (Wildman–Crippen MR) is 163 cm³/mol. The van der Waals surface area contributed by atoms with Crippen LogP contribution >= 0.6 is 0 Å². The number of hydrogen-bond donors (Lipinski definition) is 0. The van der Waals surface area contributed by atoms with E-state index in [0.29, 0.717) is 32.5 Å². The van der Waals surface area contributed by atoms with Gasteiger partial charge < -0.3 is 19.1 Å². The molecule has 0 aromatic heterocycles. The van der Waals surface area contributed by atoms with Crippen molar-refractivity contribution in [2.45, 2.75) is 136 Å². The van der Waals surface area contributed by atoms with E-state index in [4.69, 9.17) is 14.2 Å². The molecular formula is C33H59NO6. The lowest BCUT2D eigenvalue weighted by atomic mass is 10.0. The molecule has 7 heteroatoms. The second-order valence-electron chi connectivity index (χ2n) is 10.8. The fourth-order valence-electron chi connectivity index (χ4n) is 4.17. The molecule has 232 valence electrons. The molecule has 0 bridgehead atoms. The fourth-order valence-corrected chi connectivity index (χ4v) is 4.17. The van der Waals surface area contributed by atoms with E-state index >= 15 is 0 Å². The van der Waals surface area contributed by atoms with Crippen LogP contribution in [0.1, 0.15) is 129 Å². The van der Waals surface area contributed by atoms with Crippen LogP contribution in [-0.4, -0.2) is 62.8 Å². The highest BCUT2D eigenvalue weighted by atomic mass is 16.5. The van der Waals surface area contributed by atoms with Gasteiger partial charge in [-0.2, -0.15) is 0 Å². The molecule has 0 aliphatic carbocycles. The fraction of sp³-hybridized carbons (Fsp3) is 0.788. The zero-order valence-electron chi connectivity index (χ0n) is 26.1. The van der Waals surface area contributed by atoms with Crippen molar-refractivity contribution in [1.82, 2.24) is 4.90 Å². The summed E-state index contributed by atoms with van der Waals surface area (Å²) in [6, 6.07) is 0. The molecule has 0 unspecified atom stereocenters. The number of carbonyl (C=O) groups excluding carboxylic acids is 3. The zero-order valence-corrected chi connectivity index (χ0v) is 26.1. The minimum absolute atomic E-state index is 0.0633. The van der Waals surface area contributed by atoms with E-state index in [9.17, 15) is 14.4 Å². The molecule has 0 N–H and O–H groups in total. The minimum atomic E-state index is -0.136. The Bertz CT molecular complexity index is 644. The summed E-state index contributed by atoms with van der Waals surface area (Å²) in [5.41, 5.74) is 0. The summed E-state index contributed by atoms with van der Waals surface area (Å²) >= 11 is 0. The first kappa shape index (κ1) is 37.9. The first-order chi connectivity index (χ1) is 19.4. The number of esters is 3. The molecular weight excluding hydrogens is 506 g/mol. The second kappa shape index (κ2) is 28.4. The van der Waals surface area contributed by atoms with Gasteiger partial charge in [-0.15, -0.1) is 0 Å². The van der Waals surface area contributed by atoms with E-state index in [2.05, 4.69) is 18.7 Å². The highest BCUT2D eigenvalue weighted by molar-refractivity contribution is 5.70. The number of ether oxygens (including phenoxy) is 3. The predicted octanol–water partition coefficient (Wildman–Crippen LogP) is 7.72. The molecule has 0 aromatic rings. The number of hydrogen-bond acceptors (Lipinski definition) is 7. The number of rotatable bonds is 27. The number of unbranched alkanes of at least 4 members (excludes halogenated alkanes) is 8. The van der Waals surface area contributed by atoms with Gasteiger partial charge in [-0.3, -0.25) is 14.4 Å². The van der Waals surface area contributed by atoms with Gasteiger partial charge in [0.1, 0.15) is 19.3 Å². The van der Waals surface area contributed by atoms with Crippen molar-refractivity contribution in [1.29, 1.82) is 0 Å². The van der Waals surface area contributed by atoms with E-state index < -0.39 is 0 Å². The van der Waals surface area contributed by atoms with Gasteiger partial charge in [0, 0.05) is 19.3 Å². The lowest BCUT2D eigenvalue weighted by Gasteiger charge is -2.18. The van der Waals surface area contributed by atoms with E-state index in [1.807, 2.05) is 38.4 Å². The van der Waals surface area contributed by atoms with Crippen molar-refractivity contribution >= 4 is 17.9 Å². The van der Waals surface area contributed by atoms with Crippen molar-refractivity contribution in [2.24, 2.45) is 0 Å². The van der Waals surface area contributed by atoms with Gasteiger partial charge in [0.15, 0.2) is 0 Å². The summed E-state index contributed by atoms with van der Waals surface area (Å²) < 4.78 is 16.3. The molecule has 0 amide bonds. The third-order valence-electron chi connectivity index (χ3n) is 6.52. The first-order valence-electron chi connectivity index (χ1n) is 15.8. The van der Waals surface area contributed by atoms with Gasteiger partial charge in [-0.25, -0.2) is 0 Å². The van der Waals surface area contributed by atoms with E-state index in [0.717, 1.165) is 103 Å².